The van der Waals surface area contributed by atoms with Gasteiger partial charge in [-0.25, -0.2) is 5.43 Å². The van der Waals surface area contributed by atoms with Crippen LogP contribution in [0.15, 0.2) is 23.3 Å². The van der Waals surface area contributed by atoms with Crippen LogP contribution >= 0.6 is 0 Å². The highest BCUT2D eigenvalue weighted by Crippen LogP contribution is 2.48. The van der Waals surface area contributed by atoms with Crippen LogP contribution < -0.4 is 14.9 Å². The maximum absolute atomic E-state index is 12.2. The summed E-state index contributed by atoms with van der Waals surface area (Å²) in [4.78, 5) is 12.2. The van der Waals surface area contributed by atoms with E-state index in [9.17, 15) is 4.79 Å². The molecule has 5 heteroatoms. The predicted molar refractivity (Wildman–Crippen MR) is 82.1 cm³/mol. The first kappa shape index (κ1) is 13.6. The molecule has 2 aliphatic carbocycles. The molecule has 22 heavy (non-hydrogen) atoms. The van der Waals surface area contributed by atoms with E-state index in [0.717, 1.165) is 17.5 Å². The van der Waals surface area contributed by atoms with E-state index in [0.29, 0.717) is 23.0 Å². The zero-order valence-electron chi connectivity index (χ0n) is 12.7. The number of benzene rings is 1. The van der Waals surface area contributed by atoms with Gasteiger partial charge in [-0.1, -0.05) is 6.42 Å². The molecule has 0 unspecified atom stereocenters. The fourth-order valence-electron chi connectivity index (χ4n) is 4.08. The van der Waals surface area contributed by atoms with Crippen molar-refractivity contribution in [1.82, 2.24) is 5.43 Å². The minimum Gasteiger partial charge on any atom is -0.454 e. The number of rotatable bonds is 3. The van der Waals surface area contributed by atoms with Crippen molar-refractivity contribution in [3.05, 3.63) is 23.8 Å². The highest BCUT2D eigenvalue weighted by molar-refractivity contribution is 5.96. The number of hydrogen-bond donors (Lipinski definition) is 1. The van der Waals surface area contributed by atoms with Gasteiger partial charge in [-0.15, -0.1) is 0 Å². The number of carbonyl (C=O) groups excluding carboxylic acids is 1. The first-order valence-corrected chi connectivity index (χ1v) is 7.95. The molecule has 0 radical (unpaired) electrons. The van der Waals surface area contributed by atoms with Gasteiger partial charge in [-0.05, 0) is 56.2 Å². The molecule has 0 aromatic heterocycles. The number of carbonyl (C=O) groups is 1. The van der Waals surface area contributed by atoms with Gasteiger partial charge in [-0.3, -0.25) is 4.79 Å². The molecule has 3 atom stereocenters. The molecular weight excluding hydrogens is 280 g/mol. The second kappa shape index (κ2) is 5.30. The van der Waals surface area contributed by atoms with Gasteiger partial charge in [0.15, 0.2) is 11.5 Å². The van der Waals surface area contributed by atoms with Gasteiger partial charge in [0, 0.05) is 17.2 Å². The van der Waals surface area contributed by atoms with Crippen molar-refractivity contribution in [1.29, 1.82) is 0 Å². The lowest BCUT2D eigenvalue weighted by atomic mass is 9.86. The molecule has 2 fully saturated rings. The van der Waals surface area contributed by atoms with Crippen molar-refractivity contribution < 1.29 is 14.3 Å². The summed E-state index contributed by atoms with van der Waals surface area (Å²) >= 11 is 0. The van der Waals surface area contributed by atoms with Crippen LogP contribution in [0.1, 0.15) is 43.0 Å². The number of ether oxygens (including phenoxy) is 2. The zero-order valence-corrected chi connectivity index (χ0v) is 12.7. The van der Waals surface area contributed by atoms with Crippen molar-refractivity contribution in [2.24, 2.45) is 22.9 Å². The van der Waals surface area contributed by atoms with Crippen molar-refractivity contribution in [3.63, 3.8) is 0 Å². The van der Waals surface area contributed by atoms with Gasteiger partial charge in [-0.2, -0.15) is 5.10 Å². The fraction of sp³-hybridized carbons (Fsp3) is 0.529. The molecule has 2 bridgehead atoms. The van der Waals surface area contributed by atoms with Crippen molar-refractivity contribution in [2.45, 2.75) is 32.6 Å². The van der Waals surface area contributed by atoms with Crippen LogP contribution in [0.2, 0.25) is 0 Å². The van der Waals surface area contributed by atoms with Gasteiger partial charge in [0.1, 0.15) is 0 Å². The number of hydrogen-bond acceptors (Lipinski definition) is 4. The van der Waals surface area contributed by atoms with Crippen LogP contribution in [0.4, 0.5) is 0 Å². The van der Waals surface area contributed by atoms with E-state index in [-0.39, 0.29) is 12.7 Å². The summed E-state index contributed by atoms with van der Waals surface area (Å²) in [7, 11) is 0. The van der Waals surface area contributed by atoms with Crippen LogP contribution in [0.3, 0.4) is 0 Å². The number of fused-ring (bicyclic) bond motifs is 3. The van der Waals surface area contributed by atoms with Gasteiger partial charge in [0.05, 0.1) is 0 Å². The molecule has 3 aliphatic rings. The number of amides is 1. The molecule has 0 spiro atoms. The van der Waals surface area contributed by atoms with E-state index >= 15 is 0 Å². The Morgan fingerprint density at radius 1 is 1.23 bits per heavy atom. The Bertz CT molecular complexity index is 641. The SMILES string of the molecule is C/C(=N/NC(=O)c1ccc2c(c1)OCO2)[C@H]1C[C@@H]2CC[C@@H]1C2. The summed E-state index contributed by atoms with van der Waals surface area (Å²) in [5.41, 5.74) is 4.27. The molecule has 1 amide bonds. The molecule has 5 nitrogen and oxygen atoms in total. The van der Waals surface area contributed by atoms with Crippen molar-refractivity contribution in [2.75, 3.05) is 6.79 Å². The molecule has 1 heterocycles. The Morgan fingerprint density at radius 3 is 2.86 bits per heavy atom. The molecule has 1 N–H and O–H groups in total. The molecular formula is C17H20N2O3. The van der Waals surface area contributed by atoms with Crippen LogP contribution in [0.5, 0.6) is 11.5 Å². The maximum atomic E-state index is 12.2. The van der Waals surface area contributed by atoms with E-state index in [1.165, 1.54) is 25.7 Å². The second-order valence-corrected chi connectivity index (χ2v) is 6.54. The fourth-order valence-corrected chi connectivity index (χ4v) is 4.08. The summed E-state index contributed by atoms with van der Waals surface area (Å²) in [6.45, 7) is 2.24. The third-order valence-corrected chi connectivity index (χ3v) is 5.24. The zero-order chi connectivity index (χ0) is 15.1. The topological polar surface area (TPSA) is 59.9 Å². The van der Waals surface area contributed by atoms with Crippen molar-refractivity contribution in [3.8, 4) is 11.5 Å². The summed E-state index contributed by atoms with van der Waals surface area (Å²) in [6, 6.07) is 5.18. The highest BCUT2D eigenvalue weighted by atomic mass is 16.7. The van der Waals surface area contributed by atoms with Gasteiger partial charge < -0.3 is 9.47 Å². The van der Waals surface area contributed by atoms with Crippen molar-refractivity contribution >= 4 is 11.6 Å². The Kier molecular flexibility index (Phi) is 3.28. The summed E-state index contributed by atoms with van der Waals surface area (Å²) in [5, 5.41) is 4.34. The third-order valence-electron chi connectivity index (χ3n) is 5.24. The van der Waals surface area contributed by atoms with Crippen LogP contribution in [0, 0.1) is 17.8 Å². The van der Waals surface area contributed by atoms with Gasteiger partial charge >= 0.3 is 0 Å². The summed E-state index contributed by atoms with van der Waals surface area (Å²) in [5.74, 6) is 3.29. The van der Waals surface area contributed by atoms with Crippen LogP contribution in [-0.2, 0) is 0 Å². The summed E-state index contributed by atoms with van der Waals surface area (Å²) < 4.78 is 10.5. The monoisotopic (exact) mass is 300 g/mol. The van der Waals surface area contributed by atoms with Gasteiger partial charge in [0.25, 0.3) is 5.91 Å². The van der Waals surface area contributed by atoms with Crippen LogP contribution in [-0.4, -0.2) is 18.4 Å². The summed E-state index contributed by atoms with van der Waals surface area (Å²) in [6.07, 6.45) is 5.27. The Balaban J connectivity index is 1.42. The van der Waals surface area contributed by atoms with Gasteiger partial charge in [0.2, 0.25) is 6.79 Å². The molecule has 4 rings (SSSR count). The Labute approximate surface area is 129 Å². The van der Waals surface area contributed by atoms with E-state index in [1.807, 2.05) is 6.92 Å². The average Bonchev–Trinajstić information content (AvgIpc) is 3.26. The van der Waals surface area contributed by atoms with E-state index in [2.05, 4.69) is 10.5 Å². The lowest BCUT2D eigenvalue weighted by Gasteiger charge is -2.21. The smallest absolute Gasteiger partial charge is 0.271 e. The minimum absolute atomic E-state index is 0.208. The minimum atomic E-state index is -0.208. The standard InChI is InChI=1S/C17H20N2O3/c1-10(14-7-11-2-3-12(14)6-11)18-19-17(20)13-4-5-15-16(8-13)22-9-21-15/h4-5,8,11-12,14H,2-3,6-7,9H2,1H3,(H,19,20)/b18-10-/t11-,12-,14-/m1/s1. The number of hydrazone groups is 1. The average molecular weight is 300 g/mol. The van der Waals surface area contributed by atoms with E-state index < -0.39 is 0 Å². The van der Waals surface area contributed by atoms with Crippen LogP contribution in [0.25, 0.3) is 0 Å². The normalized spacial score (nSPS) is 29.0. The molecule has 1 aromatic carbocycles. The molecule has 1 aliphatic heterocycles. The maximum Gasteiger partial charge on any atom is 0.271 e. The Hall–Kier alpha value is -2.04. The first-order valence-electron chi connectivity index (χ1n) is 7.95. The lowest BCUT2D eigenvalue weighted by molar-refractivity contribution is 0.0954. The third kappa shape index (κ3) is 2.34. The Morgan fingerprint density at radius 2 is 2.09 bits per heavy atom. The lowest BCUT2D eigenvalue weighted by Crippen LogP contribution is -2.24. The molecule has 2 saturated carbocycles. The largest absolute Gasteiger partial charge is 0.454 e. The first-order chi connectivity index (χ1) is 10.7. The van der Waals surface area contributed by atoms with E-state index in [1.54, 1.807) is 18.2 Å². The highest BCUT2D eigenvalue weighted by Gasteiger charge is 2.40. The predicted octanol–water partition coefficient (Wildman–Crippen LogP) is 2.96. The number of nitrogens with one attached hydrogen (secondary N) is 1. The second-order valence-electron chi connectivity index (χ2n) is 6.54. The number of nitrogens with zero attached hydrogens (tertiary/aromatic N) is 1. The quantitative estimate of drug-likeness (QED) is 0.689. The van der Waals surface area contributed by atoms with E-state index in [4.69, 9.17) is 9.47 Å². The molecule has 0 saturated heterocycles. The molecule has 116 valence electrons. The molecule has 1 aromatic rings.